The van der Waals surface area contributed by atoms with Gasteiger partial charge in [-0.2, -0.15) is 22.0 Å². The van der Waals surface area contributed by atoms with E-state index in [2.05, 4.69) is 4.74 Å². The van der Waals surface area contributed by atoms with E-state index in [4.69, 9.17) is 16.3 Å². The van der Waals surface area contributed by atoms with Gasteiger partial charge in [-0.3, -0.25) is 4.79 Å². The highest BCUT2D eigenvalue weighted by Gasteiger charge is 2.74. The van der Waals surface area contributed by atoms with E-state index in [9.17, 15) is 36.2 Å². The number of aliphatic carboxylic acids is 1. The van der Waals surface area contributed by atoms with Crippen LogP contribution in [0.25, 0.3) is 0 Å². The molecule has 1 aliphatic carbocycles. The Bertz CT molecular complexity index is 1120. The molecule has 0 saturated heterocycles. The standard InChI is InChI=1S/C24H21ClF6O4/c1-21(2)18(11-19(25)24(30,31)34-13-23(27,28)29)22(21,20(32)33)12-14-8-9-16(26)17(10-14)35-15-6-4-3-5-7-15/h3-11,18H,12-13H2,1-2H3,(H,32,33). The lowest BCUT2D eigenvalue weighted by atomic mass is 9.88. The van der Waals surface area contributed by atoms with Gasteiger partial charge in [-0.1, -0.05) is 55.8 Å². The number of rotatable bonds is 9. The van der Waals surface area contributed by atoms with Gasteiger partial charge in [0.15, 0.2) is 11.6 Å². The number of hydrogen-bond acceptors (Lipinski definition) is 3. The van der Waals surface area contributed by atoms with Gasteiger partial charge in [0.25, 0.3) is 0 Å². The maximum absolute atomic E-state index is 14.3. The highest BCUT2D eigenvalue weighted by Crippen LogP contribution is 2.71. The molecule has 0 heterocycles. The Labute approximate surface area is 202 Å². The first-order valence-electron chi connectivity index (χ1n) is 10.3. The van der Waals surface area contributed by atoms with Gasteiger partial charge in [0.1, 0.15) is 17.4 Å². The third kappa shape index (κ3) is 5.59. The van der Waals surface area contributed by atoms with Gasteiger partial charge >= 0.3 is 18.3 Å². The number of carboxylic acids is 1. The number of ether oxygens (including phenoxy) is 2. The molecule has 0 aromatic heterocycles. The average molecular weight is 523 g/mol. The Morgan fingerprint density at radius 2 is 1.74 bits per heavy atom. The van der Waals surface area contributed by atoms with Crippen LogP contribution in [0.15, 0.2) is 59.6 Å². The molecule has 2 atom stereocenters. The number of benzene rings is 2. The van der Waals surface area contributed by atoms with E-state index in [0.717, 1.165) is 12.1 Å². The van der Waals surface area contributed by atoms with E-state index in [1.54, 1.807) is 30.3 Å². The lowest BCUT2D eigenvalue weighted by molar-refractivity contribution is -0.267. The molecule has 190 valence electrons. The largest absolute Gasteiger partial charge is 0.481 e. The summed E-state index contributed by atoms with van der Waals surface area (Å²) in [5, 5.41) is 8.66. The van der Waals surface area contributed by atoms with Crippen molar-refractivity contribution in [1.82, 2.24) is 0 Å². The topological polar surface area (TPSA) is 55.8 Å². The number of carbonyl (C=O) groups is 1. The molecule has 3 rings (SSSR count). The fraction of sp³-hybridized carbons (Fsp3) is 0.375. The van der Waals surface area contributed by atoms with Crippen LogP contribution in [0.2, 0.25) is 0 Å². The maximum Gasteiger partial charge on any atom is 0.412 e. The molecule has 4 nitrogen and oxygen atoms in total. The second-order valence-electron chi connectivity index (χ2n) is 8.77. The SMILES string of the molecule is CC1(C)C(C=C(Cl)C(F)(F)OCC(F)(F)F)C1(Cc1ccc(F)c(Oc2ccccc2)c1)C(=O)O. The van der Waals surface area contributed by atoms with Crippen molar-refractivity contribution in [3.05, 3.63) is 71.0 Å². The first-order chi connectivity index (χ1) is 16.1. The molecule has 11 heteroatoms. The van der Waals surface area contributed by atoms with Crippen LogP contribution in [0, 0.1) is 22.6 Å². The Kier molecular flexibility index (Phi) is 7.21. The van der Waals surface area contributed by atoms with Gasteiger partial charge in [0.05, 0.1) is 5.41 Å². The second-order valence-corrected chi connectivity index (χ2v) is 9.17. The number of allylic oxidation sites excluding steroid dienone is 1. The van der Waals surface area contributed by atoms with Crippen LogP contribution < -0.4 is 4.74 Å². The summed E-state index contributed by atoms with van der Waals surface area (Å²) < 4.78 is 88.4. The average Bonchev–Trinajstić information content (AvgIpc) is 3.23. The molecule has 1 aliphatic rings. The zero-order chi connectivity index (χ0) is 26.2. The molecular formula is C24H21ClF6O4. The number of hydrogen-bond donors (Lipinski definition) is 1. The quantitative estimate of drug-likeness (QED) is 0.354. The monoisotopic (exact) mass is 522 g/mol. The van der Waals surface area contributed by atoms with E-state index < -0.39 is 52.5 Å². The molecule has 0 aliphatic heterocycles. The van der Waals surface area contributed by atoms with E-state index in [0.29, 0.717) is 11.3 Å². The summed E-state index contributed by atoms with van der Waals surface area (Å²) in [6.45, 7) is 0.778. The molecule has 1 N–H and O–H groups in total. The molecule has 2 unspecified atom stereocenters. The predicted molar refractivity (Wildman–Crippen MR) is 115 cm³/mol. The number of halogens is 7. The van der Waals surface area contributed by atoms with Gasteiger partial charge in [-0.05, 0) is 41.7 Å². The van der Waals surface area contributed by atoms with Gasteiger partial charge in [0.2, 0.25) is 0 Å². The van der Waals surface area contributed by atoms with Crippen LogP contribution >= 0.6 is 11.6 Å². The number of carboxylic acid groups (broad SMARTS) is 1. The van der Waals surface area contributed by atoms with Gasteiger partial charge in [-0.25, -0.2) is 4.39 Å². The minimum Gasteiger partial charge on any atom is -0.481 e. The van der Waals surface area contributed by atoms with E-state index in [1.165, 1.54) is 26.0 Å². The molecule has 0 amide bonds. The molecule has 2 aromatic carbocycles. The van der Waals surface area contributed by atoms with E-state index in [1.807, 2.05) is 0 Å². The smallest absolute Gasteiger partial charge is 0.412 e. The van der Waals surface area contributed by atoms with Crippen molar-refractivity contribution < 1.29 is 45.7 Å². The van der Waals surface area contributed by atoms with E-state index in [-0.39, 0.29) is 12.2 Å². The molecule has 1 fully saturated rings. The Morgan fingerprint density at radius 3 is 2.31 bits per heavy atom. The molecule has 0 spiro atoms. The van der Waals surface area contributed by atoms with Crippen LogP contribution in [0.5, 0.6) is 11.5 Å². The van der Waals surface area contributed by atoms with Crippen LogP contribution in [-0.4, -0.2) is 30.0 Å². The Hall–Kier alpha value is -2.72. The van der Waals surface area contributed by atoms with Gasteiger partial charge in [-0.15, -0.1) is 0 Å². The van der Waals surface area contributed by atoms with Crippen molar-refractivity contribution in [3.63, 3.8) is 0 Å². The third-order valence-electron chi connectivity index (χ3n) is 6.21. The van der Waals surface area contributed by atoms with Crippen molar-refractivity contribution in [2.45, 2.75) is 32.6 Å². The van der Waals surface area contributed by atoms with Gasteiger partial charge in [0, 0.05) is 5.92 Å². The summed E-state index contributed by atoms with van der Waals surface area (Å²) in [5.74, 6) is -2.92. The lowest BCUT2D eigenvalue weighted by Gasteiger charge is -2.18. The summed E-state index contributed by atoms with van der Waals surface area (Å²) >= 11 is 5.59. The van der Waals surface area contributed by atoms with E-state index >= 15 is 0 Å². The fourth-order valence-corrected chi connectivity index (χ4v) is 4.41. The minimum absolute atomic E-state index is 0.162. The van der Waals surface area contributed by atoms with Crippen LogP contribution in [0.4, 0.5) is 26.3 Å². The van der Waals surface area contributed by atoms with Crippen LogP contribution in [-0.2, 0) is 16.0 Å². The van der Waals surface area contributed by atoms with Gasteiger partial charge < -0.3 is 14.6 Å². The highest BCUT2D eigenvalue weighted by atomic mass is 35.5. The zero-order valence-corrected chi connectivity index (χ0v) is 19.3. The molecule has 1 saturated carbocycles. The predicted octanol–water partition coefficient (Wildman–Crippen LogP) is 7.18. The third-order valence-corrected chi connectivity index (χ3v) is 6.56. The zero-order valence-electron chi connectivity index (χ0n) is 18.5. The lowest BCUT2D eigenvalue weighted by Crippen LogP contribution is -2.29. The summed E-state index contributed by atoms with van der Waals surface area (Å²) in [6, 6.07) is 12.0. The Balaban J connectivity index is 1.88. The molecule has 0 radical (unpaired) electrons. The molecule has 0 bridgehead atoms. The highest BCUT2D eigenvalue weighted by molar-refractivity contribution is 6.30. The van der Waals surface area contributed by atoms with Crippen molar-refractivity contribution in [3.8, 4) is 11.5 Å². The van der Waals surface area contributed by atoms with Crippen LogP contribution in [0.1, 0.15) is 19.4 Å². The summed E-state index contributed by atoms with van der Waals surface area (Å²) in [7, 11) is 0. The normalized spacial score (nSPS) is 22.1. The molecular weight excluding hydrogens is 502 g/mol. The van der Waals surface area contributed by atoms with Crippen molar-refractivity contribution in [1.29, 1.82) is 0 Å². The fourth-order valence-electron chi connectivity index (χ4n) is 4.23. The minimum atomic E-state index is -5.01. The first-order valence-corrected chi connectivity index (χ1v) is 10.7. The number of alkyl halides is 5. The summed E-state index contributed by atoms with van der Waals surface area (Å²) in [4.78, 5) is 12.3. The second kappa shape index (κ2) is 9.39. The first kappa shape index (κ1) is 26.9. The Morgan fingerprint density at radius 1 is 1.11 bits per heavy atom. The van der Waals surface area contributed by atoms with Crippen molar-refractivity contribution in [2.75, 3.05) is 6.61 Å². The molecule has 35 heavy (non-hydrogen) atoms. The van der Waals surface area contributed by atoms with Crippen molar-refractivity contribution in [2.24, 2.45) is 16.7 Å². The number of para-hydroxylation sites is 1. The summed E-state index contributed by atoms with van der Waals surface area (Å²) in [6.07, 6.45) is -8.96. The van der Waals surface area contributed by atoms with Crippen molar-refractivity contribution >= 4 is 17.6 Å². The summed E-state index contributed by atoms with van der Waals surface area (Å²) in [5.41, 5.74) is -2.41. The van der Waals surface area contributed by atoms with Crippen LogP contribution in [0.3, 0.4) is 0 Å². The molecule has 2 aromatic rings. The maximum atomic E-state index is 14.3.